The SMILES string of the molecule is CN1C(=O)[C@]2(Cl)C[C@@H]3C(=CC[C@@H]4C(=O)N(C(N)=O)C(=O)[C@@H]43)[C@H](c3cc(Br)ccc3O)[C@]2(Cl)C1=O. The summed E-state index contributed by atoms with van der Waals surface area (Å²) in [5, 5.41) is 10.8. The van der Waals surface area contributed by atoms with E-state index in [9.17, 15) is 29.1 Å². The standard InChI is InChI=1S/C22H18BrCl2N3O6/c1-27-18(32)21(24)7-12-9(3-4-10-14(12)17(31)28(16(10)30)20(26)34)15(22(21,25)19(27)33)11-6-8(23)2-5-13(11)29/h2-3,5-6,10,12,14-15,29H,4,7H2,1H3,(H2,26,34)/t10-,12+,14-,15+,21+,22-/m0/s1. The molecule has 0 aromatic heterocycles. The second kappa shape index (κ2) is 7.29. The Kier molecular flexibility index (Phi) is 5.00. The first-order valence-electron chi connectivity index (χ1n) is 10.4. The van der Waals surface area contributed by atoms with Crippen LogP contribution < -0.4 is 5.73 Å². The molecule has 34 heavy (non-hydrogen) atoms. The number of phenols is 1. The van der Waals surface area contributed by atoms with Crippen molar-refractivity contribution in [3.63, 3.8) is 0 Å². The van der Waals surface area contributed by atoms with Crippen molar-refractivity contribution in [3.8, 4) is 5.75 Å². The molecule has 0 bridgehead atoms. The van der Waals surface area contributed by atoms with Gasteiger partial charge in [0.2, 0.25) is 11.8 Å². The number of nitrogens with two attached hydrogens (primary N) is 1. The van der Waals surface area contributed by atoms with Crippen LogP contribution in [0, 0.1) is 17.8 Å². The smallest absolute Gasteiger partial charge is 0.328 e. The van der Waals surface area contributed by atoms with Crippen molar-refractivity contribution in [2.75, 3.05) is 7.05 Å². The molecule has 1 aromatic carbocycles. The zero-order valence-corrected chi connectivity index (χ0v) is 20.7. The van der Waals surface area contributed by atoms with Crippen LogP contribution in [-0.4, -0.2) is 61.4 Å². The first-order valence-corrected chi connectivity index (χ1v) is 12.0. The lowest BCUT2D eigenvalue weighted by Gasteiger charge is -2.50. The second-order valence-electron chi connectivity index (χ2n) is 9.05. The molecule has 2 saturated heterocycles. The molecule has 5 rings (SSSR count). The van der Waals surface area contributed by atoms with Crippen molar-refractivity contribution < 1.29 is 29.1 Å². The fraction of sp³-hybridized carbons (Fsp3) is 0.409. The summed E-state index contributed by atoms with van der Waals surface area (Å²) in [5.41, 5.74) is 6.03. The van der Waals surface area contributed by atoms with Gasteiger partial charge in [-0.2, -0.15) is 4.90 Å². The molecule has 3 N–H and O–H groups in total. The van der Waals surface area contributed by atoms with Crippen LogP contribution in [0.3, 0.4) is 0 Å². The van der Waals surface area contributed by atoms with Gasteiger partial charge in [-0.05, 0) is 37.0 Å². The van der Waals surface area contributed by atoms with E-state index in [0.717, 1.165) is 4.90 Å². The molecule has 6 atom stereocenters. The molecule has 0 unspecified atom stereocenters. The highest BCUT2D eigenvalue weighted by Crippen LogP contribution is 2.66. The normalized spacial score (nSPS) is 36.9. The number of alkyl halides is 2. The fourth-order valence-corrected chi connectivity index (χ4v) is 7.45. The van der Waals surface area contributed by atoms with Gasteiger partial charge in [-0.25, -0.2) is 4.79 Å². The molecule has 0 spiro atoms. The number of rotatable bonds is 1. The lowest BCUT2D eigenvalue weighted by molar-refractivity contribution is -0.139. The number of amides is 6. The van der Waals surface area contributed by atoms with Gasteiger partial charge in [0.15, 0.2) is 9.75 Å². The number of hydrogen-bond acceptors (Lipinski definition) is 6. The first-order chi connectivity index (χ1) is 15.9. The van der Waals surface area contributed by atoms with Gasteiger partial charge in [0.05, 0.1) is 11.8 Å². The zero-order chi connectivity index (χ0) is 24.9. The minimum atomic E-state index is -2.00. The number of carbonyl (C=O) groups excluding carboxylic acids is 5. The quantitative estimate of drug-likeness (QED) is 0.301. The van der Waals surface area contributed by atoms with Gasteiger partial charge in [-0.15, -0.1) is 23.2 Å². The largest absolute Gasteiger partial charge is 0.508 e. The Labute approximate surface area is 211 Å². The van der Waals surface area contributed by atoms with Crippen LogP contribution in [0.15, 0.2) is 34.3 Å². The van der Waals surface area contributed by atoms with Crippen molar-refractivity contribution in [3.05, 3.63) is 39.9 Å². The molecule has 2 heterocycles. The molecule has 178 valence electrons. The maximum atomic E-state index is 13.4. The third-order valence-corrected chi connectivity index (χ3v) is 9.44. The molecule has 1 aromatic rings. The topological polar surface area (TPSA) is 138 Å². The molecular weight excluding hydrogens is 553 g/mol. The van der Waals surface area contributed by atoms with E-state index in [4.69, 9.17) is 28.9 Å². The Balaban J connectivity index is 1.76. The molecule has 9 nitrogen and oxygen atoms in total. The Morgan fingerprint density at radius 3 is 2.47 bits per heavy atom. The number of imide groups is 4. The summed E-state index contributed by atoms with van der Waals surface area (Å²) in [6.45, 7) is 0. The van der Waals surface area contributed by atoms with Crippen LogP contribution in [0.2, 0.25) is 0 Å². The highest BCUT2D eigenvalue weighted by Gasteiger charge is 2.76. The van der Waals surface area contributed by atoms with Crippen LogP contribution in [0.4, 0.5) is 4.79 Å². The first kappa shape index (κ1) is 23.3. The molecule has 1 saturated carbocycles. The van der Waals surface area contributed by atoms with E-state index in [-0.39, 0.29) is 24.2 Å². The van der Waals surface area contributed by atoms with Gasteiger partial charge in [0.25, 0.3) is 11.8 Å². The van der Waals surface area contributed by atoms with Gasteiger partial charge in [0, 0.05) is 23.0 Å². The third-order valence-electron chi connectivity index (χ3n) is 7.54. The molecule has 3 fully saturated rings. The van der Waals surface area contributed by atoms with Crippen molar-refractivity contribution >= 4 is 68.8 Å². The average Bonchev–Trinajstić information content (AvgIpc) is 3.11. The predicted molar refractivity (Wildman–Crippen MR) is 123 cm³/mol. The Morgan fingerprint density at radius 1 is 1.15 bits per heavy atom. The maximum Gasteiger partial charge on any atom is 0.328 e. The third kappa shape index (κ3) is 2.64. The van der Waals surface area contributed by atoms with Crippen molar-refractivity contribution in [1.29, 1.82) is 0 Å². The predicted octanol–water partition coefficient (Wildman–Crippen LogP) is 2.22. The van der Waals surface area contributed by atoms with Crippen LogP contribution in [0.1, 0.15) is 24.3 Å². The minimum Gasteiger partial charge on any atom is -0.508 e. The van der Waals surface area contributed by atoms with Crippen LogP contribution >= 0.6 is 39.1 Å². The number of nitrogens with zero attached hydrogens (tertiary/aromatic N) is 2. The van der Waals surface area contributed by atoms with Gasteiger partial charge >= 0.3 is 6.03 Å². The van der Waals surface area contributed by atoms with E-state index < -0.39 is 63.1 Å². The lowest BCUT2D eigenvalue weighted by atomic mass is 9.56. The number of aromatic hydroxyl groups is 1. The summed E-state index contributed by atoms with van der Waals surface area (Å²) in [6, 6.07) is 3.40. The van der Waals surface area contributed by atoms with E-state index in [0.29, 0.717) is 14.9 Å². The molecule has 0 radical (unpaired) electrons. The number of fused-ring (bicyclic) bond motifs is 4. The van der Waals surface area contributed by atoms with Crippen LogP contribution in [-0.2, 0) is 19.2 Å². The summed E-state index contributed by atoms with van der Waals surface area (Å²) in [4.78, 5) is 61.8. The average molecular weight is 571 g/mol. The van der Waals surface area contributed by atoms with E-state index in [1.807, 2.05) is 0 Å². The second-order valence-corrected chi connectivity index (χ2v) is 11.2. The molecule has 4 aliphatic rings. The van der Waals surface area contributed by atoms with E-state index >= 15 is 0 Å². The number of primary amides is 1. The number of benzene rings is 1. The van der Waals surface area contributed by atoms with E-state index in [1.165, 1.54) is 13.1 Å². The monoisotopic (exact) mass is 569 g/mol. The van der Waals surface area contributed by atoms with Crippen molar-refractivity contribution in [2.24, 2.45) is 23.5 Å². The number of halogens is 3. The van der Waals surface area contributed by atoms with Crippen molar-refractivity contribution in [2.45, 2.75) is 28.5 Å². The maximum absolute atomic E-state index is 13.4. The van der Waals surface area contributed by atoms with Gasteiger partial charge in [-0.1, -0.05) is 27.6 Å². The lowest BCUT2D eigenvalue weighted by Crippen LogP contribution is -2.60. The van der Waals surface area contributed by atoms with Gasteiger partial charge in [-0.3, -0.25) is 24.1 Å². The molecule has 2 aliphatic carbocycles. The Morgan fingerprint density at radius 2 is 1.82 bits per heavy atom. The summed E-state index contributed by atoms with van der Waals surface area (Å²) < 4.78 is 0.578. The highest BCUT2D eigenvalue weighted by atomic mass is 79.9. The molecule has 6 amide bonds. The number of allylic oxidation sites excluding steroid dienone is 2. The number of urea groups is 1. The van der Waals surface area contributed by atoms with Crippen LogP contribution in [0.5, 0.6) is 5.75 Å². The van der Waals surface area contributed by atoms with Crippen molar-refractivity contribution in [1.82, 2.24) is 9.80 Å². The summed E-state index contributed by atoms with van der Waals surface area (Å²) in [6.07, 6.45) is 1.58. The Bertz CT molecular complexity index is 1250. The number of hydrogen-bond donors (Lipinski definition) is 2. The minimum absolute atomic E-state index is 0.0936. The summed E-state index contributed by atoms with van der Waals surface area (Å²) in [5.74, 6) is -6.89. The summed E-state index contributed by atoms with van der Waals surface area (Å²) in [7, 11) is 1.27. The molecule has 2 aliphatic heterocycles. The summed E-state index contributed by atoms with van der Waals surface area (Å²) >= 11 is 17.3. The van der Waals surface area contributed by atoms with Gasteiger partial charge < -0.3 is 10.8 Å². The highest BCUT2D eigenvalue weighted by molar-refractivity contribution is 9.10. The van der Waals surface area contributed by atoms with E-state index in [2.05, 4.69) is 15.9 Å². The number of likely N-dealkylation sites (tertiary alicyclic amines) is 2. The van der Waals surface area contributed by atoms with E-state index in [1.54, 1.807) is 18.2 Å². The van der Waals surface area contributed by atoms with Crippen LogP contribution in [0.25, 0.3) is 0 Å². The zero-order valence-electron chi connectivity index (χ0n) is 17.6. The number of phenolic OH excluding ortho intramolecular Hbond substituents is 1. The number of carbonyl (C=O) groups is 5. The Hall–Kier alpha value is -2.43. The molecular formula is C22H18BrCl2N3O6. The fourth-order valence-electron chi connectivity index (χ4n) is 6.06. The van der Waals surface area contributed by atoms with Gasteiger partial charge in [0.1, 0.15) is 5.75 Å². The molecule has 12 heteroatoms.